The van der Waals surface area contributed by atoms with Crippen molar-refractivity contribution in [2.75, 3.05) is 5.32 Å². The van der Waals surface area contributed by atoms with Crippen molar-refractivity contribution in [3.05, 3.63) is 48.0 Å². The van der Waals surface area contributed by atoms with Crippen LogP contribution >= 0.6 is 11.3 Å². The van der Waals surface area contributed by atoms with Gasteiger partial charge in [0.2, 0.25) is 5.91 Å². The molecule has 0 radical (unpaired) electrons. The summed E-state index contributed by atoms with van der Waals surface area (Å²) >= 11 is 1.67. The Kier molecular flexibility index (Phi) is 3.71. The third kappa shape index (κ3) is 2.67. The number of aromatic nitrogens is 1. The summed E-state index contributed by atoms with van der Waals surface area (Å²) in [7, 11) is 0. The van der Waals surface area contributed by atoms with Gasteiger partial charge >= 0.3 is 0 Å². The number of nitrogens with zero attached hydrogens (tertiary/aromatic N) is 1. The molecule has 1 aromatic heterocycles. The normalized spacial score (nSPS) is 10.8. The molecular formula is C17H16N2OS. The fourth-order valence-electron chi connectivity index (χ4n) is 2.23. The van der Waals surface area contributed by atoms with Gasteiger partial charge in [0.1, 0.15) is 5.01 Å². The largest absolute Gasteiger partial charge is 0.326 e. The van der Waals surface area contributed by atoms with Crippen LogP contribution in [0, 0.1) is 6.92 Å². The minimum Gasteiger partial charge on any atom is -0.326 e. The average molecular weight is 296 g/mol. The van der Waals surface area contributed by atoms with E-state index in [0.717, 1.165) is 27.3 Å². The molecule has 0 aliphatic rings. The molecule has 0 fully saturated rings. The number of carbonyl (C=O) groups excluding carboxylic acids is 1. The summed E-state index contributed by atoms with van der Waals surface area (Å²) in [6.45, 7) is 3.87. The van der Waals surface area contributed by atoms with Gasteiger partial charge in [-0.3, -0.25) is 4.79 Å². The third-order valence-electron chi connectivity index (χ3n) is 3.45. The predicted molar refractivity (Wildman–Crippen MR) is 88.7 cm³/mol. The first-order valence-electron chi connectivity index (χ1n) is 6.94. The topological polar surface area (TPSA) is 42.0 Å². The lowest BCUT2D eigenvalue weighted by atomic mass is 10.1. The number of anilines is 1. The Hall–Kier alpha value is -2.20. The molecule has 0 aliphatic carbocycles. The first-order valence-corrected chi connectivity index (χ1v) is 7.76. The summed E-state index contributed by atoms with van der Waals surface area (Å²) < 4.78 is 1.18. The minimum atomic E-state index is 0.0274. The fraction of sp³-hybridized carbons (Fsp3) is 0.176. The van der Waals surface area contributed by atoms with Crippen LogP contribution in [0.1, 0.15) is 18.9 Å². The lowest BCUT2D eigenvalue weighted by Crippen LogP contribution is -2.10. The van der Waals surface area contributed by atoms with Crippen LogP contribution in [0.4, 0.5) is 5.69 Å². The van der Waals surface area contributed by atoms with E-state index in [2.05, 4.69) is 17.4 Å². The highest BCUT2D eigenvalue weighted by Gasteiger charge is 2.11. The van der Waals surface area contributed by atoms with Crippen LogP contribution in [0.2, 0.25) is 0 Å². The van der Waals surface area contributed by atoms with Gasteiger partial charge in [0.05, 0.1) is 10.2 Å². The Balaban J connectivity index is 2.05. The summed E-state index contributed by atoms with van der Waals surface area (Å²) in [5.41, 5.74) is 4.00. The Labute approximate surface area is 127 Å². The molecule has 3 nitrogen and oxygen atoms in total. The van der Waals surface area contributed by atoms with E-state index in [4.69, 9.17) is 4.98 Å². The highest BCUT2D eigenvalue weighted by atomic mass is 32.1. The predicted octanol–water partition coefficient (Wildman–Crippen LogP) is 4.62. The van der Waals surface area contributed by atoms with Crippen LogP contribution in [0.3, 0.4) is 0 Å². The first kappa shape index (κ1) is 13.8. The maximum atomic E-state index is 11.6. The van der Waals surface area contributed by atoms with Crippen LogP contribution in [-0.4, -0.2) is 10.9 Å². The number of fused-ring (bicyclic) bond motifs is 1. The quantitative estimate of drug-likeness (QED) is 0.766. The van der Waals surface area contributed by atoms with Gasteiger partial charge in [-0.05, 0) is 30.7 Å². The van der Waals surface area contributed by atoms with Gasteiger partial charge in [0, 0.05) is 17.7 Å². The molecule has 3 rings (SSSR count). The van der Waals surface area contributed by atoms with Crippen molar-refractivity contribution in [3.8, 4) is 10.6 Å². The van der Waals surface area contributed by atoms with Crippen molar-refractivity contribution in [1.29, 1.82) is 0 Å². The van der Waals surface area contributed by atoms with Crippen molar-refractivity contribution < 1.29 is 4.79 Å². The van der Waals surface area contributed by atoms with E-state index < -0.39 is 0 Å². The Bertz CT molecular complexity index is 774. The lowest BCUT2D eigenvalue weighted by molar-refractivity contribution is -0.115. The maximum Gasteiger partial charge on any atom is 0.224 e. The van der Waals surface area contributed by atoms with Crippen LogP contribution in [0.15, 0.2) is 42.5 Å². The second kappa shape index (κ2) is 5.66. The zero-order chi connectivity index (χ0) is 14.8. The monoisotopic (exact) mass is 296 g/mol. The van der Waals surface area contributed by atoms with Gasteiger partial charge in [-0.15, -0.1) is 11.3 Å². The number of nitrogens with one attached hydrogen (secondary N) is 1. The number of carbonyl (C=O) groups is 1. The smallest absolute Gasteiger partial charge is 0.224 e. The maximum absolute atomic E-state index is 11.6. The van der Waals surface area contributed by atoms with Crippen molar-refractivity contribution in [3.63, 3.8) is 0 Å². The number of para-hydroxylation sites is 1. The van der Waals surface area contributed by atoms with E-state index in [0.29, 0.717) is 6.42 Å². The van der Waals surface area contributed by atoms with Crippen molar-refractivity contribution >= 4 is 33.1 Å². The molecule has 0 saturated heterocycles. The molecule has 106 valence electrons. The zero-order valence-corrected chi connectivity index (χ0v) is 12.8. The molecule has 1 amide bonds. The van der Waals surface area contributed by atoms with Crippen molar-refractivity contribution in [2.45, 2.75) is 20.3 Å². The third-order valence-corrected chi connectivity index (χ3v) is 4.52. The molecule has 1 heterocycles. The van der Waals surface area contributed by atoms with Gasteiger partial charge < -0.3 is 5.32 Å². The molecule has 0 aliphatic heterocycles. The number of amides is 1. The molecular weight excluding hydrogens is 280 g/mol. The van der Waals surface area contributed by atoms with Gasteiger partial charge in [-0.1, -0.05) is 31.2 Å². The minimum absolute atomic E-state index is 0.0274. The molecule has 0 saturated carbocycles. The van der Waals surface area contributed by atoms with E-state index in [9.17, 15) is 4.79 Å². The fourth-order valence-corrected chi connectivity index (χ4v) is 3.28. The van der Waals surface area contributed by atoms with E-state index in [1.54, 1.807) is 11.3 Å². The molecule has 4 heteroatoms. The molecule has 3 aromatic rings. The second-order valence-corrected chi connectivity index (χ2v) is 5.90. The molecule has 21 heavy (non-hydrogen) atoms. The van der Waals surface area contributed by atoms with Crippen LogP contribution in [0.25, 0.3) is 20.8 Å². The average Bonchev–Trinajstić information content (AvgIpc) is 2.92. The number of hydrogen-bond acceptors (Lipinski definition) is 3. The zero-order valence-electron chi connectivity index (χ0n) is 12.0. The number of hydrogen-bond donors (Lipinski definition) is 1. The van der Waals surface area contributed by atoms with E-state index in [-0.39, 0.29) is 5.91 Å². The molecule has 0 unspecified atom stereocenters. The lowest BCUT2D eigenvalue weighted by Gasteiger charge is -2.10. The van der Waals surface area contributed by atoms with Crippen LogP contribution < -0.4 is 5.32 Å². The summed E-state index contributed by atoms with van der Waals surface area (Å²) in [5, 5.41) is 3.93. The van der Waals surface area contributed by atoms with Gasteiger partial charge in [0.25, 0.3) is 0 Å². The molecule has 0 bridgehead atoms. The molecule has 0 atom stereocenters. The van der Waals surface area contributed by atoms with Crippen LogP contribution in [0.5, 0.6) is 0 Å². The SMILES string of the molecule is CCC(=O)Nc1cccc(-c2nc3ccccc3s2)c1C. The summed E-state index contributed by atoms with van der Waals surface area (Å²) in [6.07, 6.45) is 0.477. The molecule has 2 aromatic carbocycles. The van der Waals surface area contributed by atoms with Crippen LogP contribution in [-0.2, 0) is 4.79 Å². The molecule has 1 N–H and O–H groups in total. The number of benzene rings is 2. The van der Waals surface area contributed by atoms with Crippen molar-refractivity contribution in [1.82, 2.24) is 4.98 Å². The number of rotatable bonds is 3. The summed E-state index contributed by atoms with van der Waals surface area (Å²) in [6, 6.07) is 14.1. The first-order chi connectivity index (χ1) is 10.2. The van der Waals surface area contributed by atoms with E-state index >= 15 is 0 Å². The summed E-state index contributed by atoms with van der Waals surface area (Å²) in [4.78, 5) is 16.3. The Morgan fingerprint density at radius 2 is 2.00 bits per heavy atom. The van der Waals surface area contributed by atoms with Gasteiger partial charge in [-0.2, -0.15) is 0 Å². The summed E-state index contributed by atoms with van der Waals surface area (Å²) in [5.74, 6) is 0.0274. The standard InChI is InChI=1S/C17H16N2OS/c1-3-16(20)18-13-9-6-7-12(11(13)2)17-19-14-8-4-5-10-15(14)21-17/h4-10H,3H2,1-2H3,(H,18,20). The Morgan fingerprint density at radius 1 is 1.19 bits per heavy atom. The van der Waals surface area contributed by atoms with E-state index in [1.165, 1.54) is 4.70 Å². The Morgan fingerprint density at radius 3 is 2.76 bits per heavy atom. The molecule has 0 spiro atoms. The highest BCUT2D eigenvalue weighted by Crippen LogP contribution is 2.34. The van der Waals surface area contributed by atoms with Crippen molar-refractivity contribution in [2.24, 2.45) is 0 Å². The number of thiazole rings is 1. The van der Waals surface area contributed by atoms with Gasteiger partial charge in [0.15, 0.2) is 0 Å². The van der Waals surface area contributed by atoms with Gasteiger partial charge in [-0.25, -0.2) is 4.98 Å². The van der Waals surface area contributed by atoms with E-state index in [1.807, 2.05) is 44.2 Å². The second-order valence-electron chi connectivity index (χ2n) is 4.87. The highest BCUT2D eigenvalue weighted by molar-refractivity contribution is 7.21.